The lowest BCUT2D eigenvalue weighted by molar-refractivity contribution is -0.383. The van der Waals surface area contributed by atoms with Gasteiger partial charge in [-0.25, -0.2) is 4.63 Å². The Hall–Kier alpha value is -2.22. The standard InChI is InChI=1S/C10H10N4O4/c15-6-3-5(4-6)11-7-1-2-8(14(16)17)10-9(7)12-18-13-10/h1-2,5-6,11,15H,3-4H2. The van der Waals surface area contributed by atoms with Crippen LogP contribution < -0.4 is 5.32 Å². The number of nitro groups is 1. The van der Waals surface area contributed by atoms with E-state index in [1.54, 1.807) is 6.07 Å². The van der Waals surface area contributed by atoms with Gasteiger partial charge in [-0.3, -0.25) is 10.1 Å². The van der Waals surface area contributed by atoms with E-state index < -0.39 is 4.92 Å². The molecule has 0 bridgehead atoms. The van der Waals surface area contributed by atoms with Gasteiger partial charge in [0.1, 0.15) is 0 Å². The lowest BCUT2D eigenvalue weighted by Crippen LogP contribution is -2.38. The lowest BCUT2D eigenvalue weighted by atomic mass is 9.89. The van der Waals surface area contributed by atoms with E-state index in [-0.39, 0.29) is 23.3 Å². The second-order valence-electron chi connectivity index (χ2n) is 4.32. The SMILES string of the molecule is O=[N+]([O-])c1ccc(NC2CC(O)C2)c2nonc12. The Bertz CT molecular complexity index is 605. The first-order chi connectivity index (χ1) is 8.65. The maximum atomic E-state index is 10.8. The zero-order valence-electron chi connectivity index (χ0n) is 9.24. The summed E-state index contributed by atoms with van der Waals surface area (Å²) < 4.78 is 4.56. The van der Waals surface area contributed by atoms with Gasteiger partial charge in [0.15, 0.2) is 5.52 Å². The first-order valence-electron chi connectivity index (χ1n) is 5.49. The molecule has 0 radical (unpaired) electrons. The largest absolute Gasteiger partial charge is 0.393 e. The lowest BCUT2D eigenvalue weighted by Gasteiger charge is -2.32. The van der Waals surface area contributed by atoms with Crippen molar-refractivity contribution in [1.29, 1.82) is 0 Å². The summed E-state index contributed by atoms with van der Waals surface area (Å²) in [7, 11) is 0. The number of benzene rings is 1. The molecule has 1 aromatic carbocycles. The summed E-state index contributed by atoms with van der Waals surface area (Å²) in [5.41, 5.74) is 0.967. The first kappa shape index (κ1) is 10.9. The van der Waals surface area contributed by atoms with E-state index in [1.807, 2.05) is 0 Å². The number of hydrogen-bond donors (Lipinski definition) is 2. The number of fused-ring (bicyclic) bond motifs is 1. The summed E-state index contributed by atoms with van der Waals surface area (Å²) in [6, 6.07) is 3.10. The van der Waals surface area contributed by atoms with E-state index in [0.717, 1.165) is 0 Å². The number of hydrogen-bond acceptors (Lipinski definition) is 7. The van der Waals surface area contributed by atoms with Crippen LogP contribution in [0.15, 0.2) is 16.8 Å². The first-order valence-corrected chi connectivity index (χ1v) is 5.49. The highest BCUT2D eigenvalue weighted by molar-refractivity contribution is 5.93. The fourth-order valence-electron chi connectivity index (χ4n) is 2.04. The van der Waals surface area contributed by atoms with E-state index >= 15 is 0 Å². The van der Waals surface area contributed by atoms with Crippen molar-refractivity contribution >= 4 is 22.4 Å². The Balaban J connectivity index is 1.96. The highest BCUT2D eigenvalue weighted by atomic mass is 16.6. The Kier molecular flexibility index (Phi) is 2.37. The number of aromatic nitrogens is 2. The van der Waals surface area contributed by atoms with Gasteiger partial charge in [-0.05, 0) is 29.2 Å². The van der Waals surface area contributed by atoms with Crippen molar-refractivity contribution in [3.8, 4) is 0 Å². The number of non-ortho nitro benzene ring substituents is 1. The Morgan fingerprint density at radius 3 is 2.78 bits per heavy atom. The molecule has 2 aromatic rings. The Labute approximate surface area is 101 Å². The number of aliphatic hydroxyl groups excluding tert-OH is 1. The second-order valence-corrected chi connectivity index (χ2v) is 4.32. The zero-order chi connectivity index (χ0) is 12.7. The zero-order valence-corrected chi connectivity index (χ0v) is 9.24. The van der Waals surface area contributed by atoms with Crippen LogP contribution >= 0.6 is 0 Å². The topological polar surface area (TPSA) is 114 Å². The molecule has 0 unspecified atom stereocenters. The number of aliphatic hydroxyl groups is 1. The molecular formula is C10H10N4O4. The van der Waals surface area contributed by atoms with Gasteiger partial charge in [0.25, 0.3) is 0 Å². The number of nitro benzene ring substituents is 1. The molecular weight excluding hydrogens is 240 g/mol. The number of rotatable bonds is 3. The normalized spacial score (nSPS) is 22.7. The van der Waals surface area contributed by atoms with Crippen LogP contribution in [0.2, 0.25) is 0 Å². The van der Waals surface area contributed by atoms with Crippen molar-refractivity contribution in [3.05, 3.63) is 22.2 Å². The molecule has 1 aliphatic rings. The summed E-state index contributed by atoms with van der Waals surface area (Å²) >= 11 is 0. The molecule has 8 heteroatoms. The Morgan fingerprint density at radius 2 is 2.11 bits per heavy atom. The van der Waals surface area contributed by atoms with Crippen molar-refractivity contribution in [2.75, 3.05) is 5.32 Å². The van der Waals surface area contributed by atoms with Crippen molar-refractivity contribution in [2.45, 2.75) is 25.0 Å². The molecule has 8 nitrogen and oxygen atoms in total. The fourth-order valence-corrected chi connectivity index (χ4v) is 2.04. The smallest absolute Gasteiger partial charge is 0.300 e. The summed E-state index contributed by atoms with van der Waals surface area (Å²) in [5, 5.41) is 30.4. The molecule has 18 heavy (non-hydrogen) atoms. The van der Waals surface area contributed by atoms with Crippen LogP contribution in [-0.4, -0.2) is 32.5 Å². The molecule has 2 N–H and O–H groups in total. The molecule has 1 fully saturated rings. The molecule has 0 aliphatic heterocycles. The molecule has 0 amide bonds. The van der Waals surface area contributed by atoms with Crippen LogP contribution in [0.25, 0.3) is 11.0 Å². The van der Waals surface area contributed by atoms with Gasteiger partial charge < -0.3 is 10.4 Å². The maximum absolute atomic E-state index is 10.8. The molecule has 1 aliphatic carbocycles. The summed E-state index contributed by atoms with van der Waals surface area (Å²) in [6.07, 6.45) is 1.04. The number of nitrogens with zero attached hydrogens (tertiary/aromatic N) is 3. The highest BCUT2D eigenvalue weighted by Gasteiger charge is 2.28. The van der Waals surface area contributed by atoms with Crippen LogP contribution in [0.1, 0.15) is 12.8 Å². The average Bonchev–Trinajstić information content (AvgIpc) is 2.75. The fraction of sp³-hybridized carbons (Fsp3) is 0.400. The van der Waals surface area contributed by atoms with E-state index in [0.29, 0.717) is 24.0 Å². The molecule has 1 heterocycles. The Morgan fingerprint density at radius 1 is 1.39 bits per heavy atom. The third-order valence-electron chi connectivity index (χ3n) is 3.06. The van der Waals surface area contributed by atoms with Gasteiger partial charge in [-0.1, -0.05) is 0 Å². The van der Waals surface area contributed by atoms with Gasteiger partial charge in [0.05, 0.1) is 16.7 Å². The monoisotopic (exact) mass is 250 g/mol. The number of nitrogens with one attached hydrogen (secondary N) is 1. The molecule has 0 saturated heterocycles. The minimum absolute atomic E-state index is 0.130. The van der Waals surface area contributed by atoms with Crippen molar-refractivity contribution < 1.29 is 14.7 Å². The average molecular weight is 250 g/mol. The van der Waals surface area contributed by atoms with Crippen molar-refractivity contribution in [2.24, 2.45) is 0 Å². The molecule has 3 rings (SSSR count). The predicted molar refractivity (Wildman–Crippen MR) is 61.1 cm³/mol. The maximum Gasteiger partial charge on any atom is 0.300 e. The summed E-state index contributed by atoms with van der Waals surface area (Å²) in [4.78, 5) is 10.3. The molecule has 0 atom stereocenters. The molecule has 0 spiro atoms. The van der Waals surface area contributed by atoms with E-state index in [9.17, 15) is 15.2 Å². The third kappa shape index (κ3) is 1.66. The van der Waals surface area contributed by atoms with E-state index in [1.165, 1.54) is 6.07 Å². The van der Waals surface area contributed by atoms with Gasteiger partial charge >= 0.3 is 5.69 Å². The van der Waals surface area contributed by atoms with Crippen molar-refractivity contribution in [3.63, 3.8) is 0 Å². The van der Waals surface area contributed by atoms with Crippen LogP contribution in [0.5, 0.6) is 0 Å². The van der Waals surface area contributed by atoms with Gasteiger partial charge in [0, 0.05) is 12.1 Å². The van der Waals surface area contributed by atoms with E-state index in [2.05, 4.69) is 20.3 Å². The molecule has 1 saturated carbocycles. The highest BCUT2D eigenvalue weighted by Crippen LogP contribution is 2.31. The summed E-state index contributed by atoms with van der Waals surface area (Å²) in [5.74, 6) is 0. The predicted octanol–water partition coefficient (Wildman–Crippen LogP) is 1.07. The van der Waals surface area contributed by atoms with Crippen LogP contribution in [0.3, 0.4) is 0 Å². The van der Waals surface area contributed by atoms with Gasteiger partial charge in [0.2, 0.25) is 5.52 Å². The van der Waals surface area contributed by atoms with Gasteiger partial charge in [-0.2, -0.15) is 0 Å². The molecule has 1 aromatic heterocycles. The van der Waals surface area contributed by atoms with E-state index in [4.69, 9.17) is 0 Å². The second kappa shape index (κ2) is 3.91. The third-order valence-corrected chi connectivity index (χ3v) is 3.06. The van der Waals surface area contributed by atoms with Crippen molar-refractivity contribution in [1.82, 2.24) is 10.3 Å². The van der Waals surface area contributed by atoms with Crippen LogP contribution in [0, 0.1) is 10.1 Å². The molecule has 94 valence electrons. The summed E-state index contributed by atoms with van der Waals surface area (Å²) in [6.45, 7) is 0. The van der Waals surface area contributed by atoms with Crippen LogP contribution in [-0.2, 0) is 0 Å². The minimum Gasteiger partial charge on any atom is -0.393 e. The minimum atomic E-state index is -0.524. The van der Waals surface area contributed by atoms with Crippen LogP contribution in [0.4, 0.5) is 11.4 Å². The quantitative estimate of drug-likeness (QED) is 0.618. The number of anilines is 1. The van der Waals surface area contributed by atoms with Gasteiger partial charge in [-0.15, -0.1) is 0 Å².